The average Bonchev–Trinajstić information content (AvgIpc) is 2.75. The summed E-state index contributed by atoms with van der Waals surface area (Å²) < 4.78 is 0. The number of rotatable bonds is 6. The molecule has 2 aromatic rings. The van der Waals surface area contributed by atoms with E-state index < -0.39 is 0 Å². The number of benzene rings is 2. The van der Waals surface area contributed by atoms with Gasteiger partial charge < -0.3 is 20.2 Å². The fraction of sp³-hybridized carbons (Fsp3) is 0.364. The van der Waals surface area contributed by atoms with E-state index in [1.54, 1.807) is 24.3 Å². The van der Waals surface area contributed by atoms with Gasteiger partial charge in [-0.05, 0) is 11.1 Å². The molecule has 2 rings (SSSR count). The molecule has 2 amide bonds. The zero-order valence-corrected chi connectivity index (χ0v) is 22.0. The first-order valence-electron chi connectivity index (χ1n) is 9.46. The second kappa shape index (κ2) is 17.9. The number of amides is 2. The van der Waals surface area contributed by atoms with Crippen molar-refractivity contribution in [3.63, 3.8) is 0 Å². The summed E-state index contributed by atoms with van der Waals surface area (Å²) in [7, 11) is 0. The van der Waals surface area contributed by atoms with Gasteiger partial charge in [0.25, 0.3) is 0 Å². The van der Waals surface area contributed by atoms with Crippen LogP contribution in [0.1, 0.15) is 61.3 Å². The van der Waals surface area contributed by atoms with E-state index in [4.69, 9.17) is 0 Å². The molecular formula is C22H28Br2N2O2Ti-2. The molecule has 29 heavy (non-hydrogen) atoms. The Morgan fingerprint density at radius 1 is 0.759 bits per heavy atom. The molecule has 0 aliphatic rings. The summed E-state index contributed by atoms with van der Waals surface area (Å²) in [4.78, 5) is 22.9. The molecule has 2 aromatic carbocycles. The second-order valence-corrected chi connectivity index (χ2v) is 14.1. The summed E-state index contributed by atoms with van der Waals surface area (Å²) in [5.41, 5.74) is 1.34. The molecule has 158 valence electrons. The number of halogens is 2. The van der Waals surface area contributed by atoms with Crippen molar-refractivity contribution in [1.29, 1.82) is 0 Å². The molecule has 0 saturated carbocycles. The Balaban J connectivity index is 0.000000477. The van der Waals surface area contributed by atoms with Gasteiger partial charge in [-0.25, -0.2) is 0 Å². The van der Waals surface area contributed by atoms with Crippen LogP contribution >= 0.6 is 26.3 Å². The molecule has 0 spiro atoms. The monoisotopic (exact) mass is 558 g/mol. The molecule has 0 fully saturated rings. The molecule has 7 heteroatoms. The fourth-order valence-electron chi connectivity index (χ4n) is 1.89. The topological polar surface area (TPSA) is 62.3 Å². The molecule has 4 nitrogen and oxygen atoms in total. The van der Waals surface area contributed by atoms with Crippen LogP contribution in [-0.4, -0.2) is 23.9 Å². The predicted molar refractivity (Wildman–Crippen MR) is 126 cm³/mol. The van der Waals surface area contributed by atoms with Crippen molar-refractivity contribution in [2.24, 2.45) is 0 Å². The van der Waals surface area contributed by atoms with E-state index in [0.717, 1.165) is 12.8 Å². The zero-order chi connectivity index (χ0) is 22.1. The van der Waals surface area contributed by atoms with E-state index in [9.17, 15) is 9.59 Å². The SMILES string of the molecule is CCC(C)[N-]C(=O)c1ccccc1.CCC(C)[N-]C(=O)c1ccccc1.[Br][Ti][Br]. The van der Waals surface area contributed by atoms with Crippen LogP contribution < -0.4 is 0 Å². The van der Waals surface area contributed by atoms with Crippen LogP contribution in [0.4, 0.5) is 0 Å². The number of carbonyl (C=O) groups is 2. The van der Waals surface area contributed by atoms with Gasteiger partial charge in [-0.2, -0.15) is 0 Å². The summed E-state index contributed by atoms with van der Waals surface area (Å²) in [6.07, 6.45) is 1.80. The molecule has 0 saturated heterocycles. The van der Waals surface area contributed by atoms with Gasteiger partial charge in [0.2, 0.25) is 0 Å². The molecule has 0 heterocycles. The van der Waals surface area contributed by atoms with Gasteiger partial charge in [-0.15, -0.1) is 12.1 Å². The van der Waals surface area contributed by atoms with E-state index in [2.05, 4.69) is 37.0 Å². The van der Waals surface area contributed by atoms with E-state index in [1.807, 2.05) is 64.1 Å². The van der Waals surface area contributed by atoms with E-state index in [0.29, 0.717) is 11.1 Å². The van der Waals surface area contributed by atoms with Gasteiger partial charge in [0.05, 0.1) is 11.8 Å². The van der Waals surface area contributed by atoms with E-state index >= 15 is 0 Å². The van der Waals surface area contributed by atoms with Crippen LogP contribution in [0, 0.1) is 0 Å². The van der Waals surface area contributed by atoms with Crippen molar-refractivity contribution in [3.8, 4) is 0 Å². The van der Waals surface area contributed by atoms with Crippen LogP contribution in [-0.2, 0) is 15.0 Å². The molecule has 0 N–H and O–H groups in total. The Kier molecular flexibility index (Phi) is 17.3. The Hall–Kier alpha value is -0.946. The summed E-state index contributed by atoms with van der Waals surface area (Å²) >= 11 is 6.50. The first-order chi connectivity index (χ1) is 13.9. The zero-order valence-electron chi connectivity index (χ0n) is 17.3. The Morgan fingerprint density at radius 2 is 1.03 bits per heavy atom. The van der Waals surface area contributed by atoms with Crippen molar-refractivity contribution in [3.05, 3.63) is 82.4 Å². The quantitative estimate of drug-likeness (QED) is 0.341. The third kappa shape index (κ3) is 13.8. The standard InChI is InChI=1S/2C11H15NO.2BrH.Ti/c2*1-3-9(2)12-11(13)10-7-5-4-6-8-10;;;/h2*4-9H,3H2,1-2H3,(H,12,13);2*1H;/q;;;;+2/p-4. The minimum absolute atomic E-state index is 0.116. The van der Waals surface area contributed by atoms with Gasteiger partial charge in [-0.3, -0.25) is 0 Å². The predicted octanol–water partition coefficient (Wildman–Crippen LogP) is 7.69. The van der Waals surface area contributed by atoms with E-state index in [-0.39, 0.29) is 38.9 Å². The van der Waals surface area contributed by atoms with Crippen LogP contribution in [0.15, 0.2) is 60.7 Å². The fourth-order valence-corrected chi connectivity index (χ4v) is 1.89. The molecule has 2 unspecified atom stereocenters. The van der Waals surface area contributed by atoms with Gasteiger partial charge in [0.1, 0.15) is 0 Å². The Bertz CT molecular complexity index is 628. The van der Waals surface area contributed by atoms with Gasteiger partial charge >= 0.3 is 41.3 Å². The summed E-state index contributed by atoms with van der Waals surface area (Å²) in [6.45, 7) is 7.93. The number of carbonyl (C=O) groups excluding carboxylic acids is 2. The Morgan fingerprint density at radius 3 is 1.28 bits per heavy atom. The molecule has 0 aliphatic carbocycles. The Labute approximate surface area is 196 Å². The minimum atomic E-state index is -0.116. The molecule has 0 bridgehead atoms. The van der Waals surface area contributed by atoms with Gasteiger partial charge in [0.15, 0.2) is 0 Å². The normalized spacial score (nSPS) is 11.4. The maximum absolute atomic E-state index is 11.4. The number of nitrogens with zero attached hydrogens (tertiary/aromatic N) is 2. The number of hydrogen-bond donors (Lipinski definition) is 0. The third-order valence-electron chi connectivity index (χ3n) is 3.90. The second-order valence-electron chi connectivity index (χ2n) is 6.19. The van der Waals surface area contributed by atoms with Crippen molar-refractivity contribution in [1.82, 2.24) is 0 Å². The first-order valence-corrected chi connectivity index (χ1v) is 17.2. The summed E-state index contributed by atoms with van der Waals surface area (Å²) in [5, 5.41) is 8.05. The van der Waals surface area contributed by atoms with Crippen molar-refractivity contribution >= 4 is 38.1 Å². The van der Waals surface area contributed by atoms with Crippen LogP contribution in [0.3, 0.4) is 0 Å². The summed E-state index contributed by atoms with van der Waals surface area (Å²) in [5.74, 6) is -0.232. The summed E-state index contributed by atoms with van der Waals surface area (Å²) in [6, 6.07) is 18.5. The van der Waals surface area contributed by atoms with Crippen LogP contribution in [0.2, 0.25) is 0 Å². The molecule has 0 aromatic heterocycles. The van der Waals surface area contributed by atoms with Gasteiger partial charge in [0, 0.05) is 0 Å². The molecular weight excluding hydrogens is 532 g/mol. The number of hydrogen-bond acceptors (Lipinski definition) is 2. The van der Waals surface area contributed by atoms with Crippen molar-refractivity contribution in [2.75, 3.05) is 0 Å². The van der Waals surface area contributed by atoms with E-state index in [1.165, 1.54) is 0 Å². The van der Waals surface area contributed by atoms with Crippen molar-refractivity contribution < 1.29 is 24.6 Å². The first kappa shape index (κ1) is 28.1. The van der Waals surface area contributed by atoms with Crippen LogP contribution in [0.25, 0.3) is 10.6 Å². The van der Waals surface area contributed by atoms with Crippen molar-refractivity contribution in [2.45, 2.75) is 52.6 Å². The third-order valence-corrected chi connectivity index (χ3v) is 3.90. The molecule has 0 aliphatic heterocycles. The average molecular weight is 560 g/mol. The van der Waals surface area contributed by atoms with Gasteiger partial charge in [-0.1, -0.05) is 101 Å². The van der Waals surface area contributed by atoms with Crippen LogP contribution in [0.5, 0.6) is 0 Å². The maximum atomic E-state index is 11.4. The molecule has 0 radical (unpaired) electrons. The molecule has 2 atom stereocenters.